The molecule has 0 bridgehead atoms. The van der Waals surface area contributed by atoms with Crippen molar-refractivity contribution < 1.29 is 9.59 Å². The molecule has 1 aliphatic heterocycles. The molecule has 0 saturated carbocycles. The Bertz CT molecular complexity index is 313. The average molecular weight is 238 g/mol. The number of rotatable bonds is 5. The third-order valence-electron chi connectivity index (χ3n) is 3.08. The number of carbonyl (C=O) groups excluding carboxylic acids is 2. The van der Waals surface area contributed by atoms with Crippen LogP contribution in [0.1, 0.15) is 33.6 Å². The van der Waals surface area contributed by atoms with Crippen LogP contribution >= 0.6 is 0 Å². The van der Waals surface area contributed by atoms with E-state index in [1.54, 1.807) is 11.0 Å². The van der Waals surface area contributed by atoms with Gasteiger partial charge in [-0.15, -0.1) is 6.58 Å². The second-order valence-corrected chi connectivity index (χ2v) is 4.81. The minimum absolute atomic E-state index is 0.0120. The van der Waals surface area contributed by atoms with Crippen LogP contribution in [0, 0.1) is 5.92 Å². The highest BCUT2D eigenvalue weighted by atomic mass is 16.2. The SMILES string of the molecule is C=CCN1C(=O)C(C(C)C)NC(=O)C1CCC. The van der Waals surface area contributed by atoms with E-state index in [4.69, 9.17) is 0 Å². The van der Waals surface area contributed by atoms with Gasteiger partial charge < -0.3 is 10.2 Å². The summed E-state index contributed by atoms with van der Waals surface area (Å²) in [6.45, 7) is 9.99. The molecule has 96 valence electrons. The molecule has 0 aromatic carbocycles. The predicted molar refractivity (Wildman–Crippen MR) is 67.4 cm³/mol. The number of nitrogens with one attached hydrogen (secondary N) is 1. The van der Waals surface area contributed by atoms with Crippen LogP contribution in [0.5, 0.6) is 0 Å². The van der Waals surface area contributed by atoms with Gasteiger partial charge in [-0.2, -0.15) is 0 Å². The van der Waals surface area contributed by atoms with Gasteiger partial charge in [0.15, 0.2) is 0 Å². The molecule has 4 nitrogen and oxygen atoms in total. The molecule has 1 fully saturated rings. The van der Waals surface area contributed by atoms with Crippen molar-refractivity contribution >= 4 is 11.8 Å². The summed E-state index contributed by atoms with van der Waals surface area (Å²) in [6, 6.07) is -0.726. The van der Waals surface area contributed by atoms with E-state index in [0.29, 0.717) is 13.0 Å². The van der Waals surface area contributed by atoms with Crippen molar-refractivity contribution in [3.05, 3.63) is 12.7 Å². The van der Waals surface area contributed by atoms with Crippen molar-refractivity contribution in [2.75, 3.05) is 6.54 Å². The lowest BCUT2D eigenvalue weighted by molar-refractivity contribution is -0.150. The van der Waals surface area contributed by atoms with Gasteiger partial charge in [0.25, 0.3) is 0 Å². The molecule has 0 aliphatic carbocycles. The molecule has 1 saturated heterocycles. The lowest BCUT2D eigenvalue weighted by Gasteiger charge is -2.39. The Morgan fingerprint density at radius 2 is 2.12 bits per heavy atom. The van der Waals surface area contributed by atoms with Crippen LogP contribution in [0.25, 0.3) is 0 Å². The standard InChI is InChI=1S/C13H22N2O2/c1-5-7-10-12(16)14-11(9(3)4)13(17)15(10)8-6-2/h6,9-11H,2,5,7-8H2,1,3-4H3,(H,14,16). The summed E-state index contributed by atoms with van der Waals surface area (Å²) in [6.07, 6.45) is 3.26. The summed E-state index contributed by atoms with van der Waals surface area (Å²) in [4.78, 5) is 25.9. The van der Waals surface area contributed by atoms with Crippen LogP contribution in [0.15, 0.2) is 12.7 Å². The molecule has 1 aliphatic rings. The summed E-state index contributed by atoms with van der Waals surface area (Å²) in [5.74, 6) is 0.0892. The van der Waals surface area contributed by atoms with Gasteiger partial charge in [-0.05, 0) is 12.3 Å². The molecular weight excluding hydrogens is 216 g/mol. The van der Waals surface area contributed by atoms with Gasteiger partial charge in [-0.25, -0.2) is 0 Å². The highest BCUT2D eigenvalue weighted by molar-refractivity contribution is 5.97. The Morgan fingerprint density at radius 3 is 2.59 bits per heavy atom. The van der Waals surface area contributed by atoms with Crippen LogP contribution in [-0.4, -0.2) is 35.3 Å². The quantitative estimate of drug-likeness (QED) is 0.734. The number of amides is 2. The number of hydrogen-bond acceptors (Lipinski definition) is 2. The minimum Gasteiger partial charge on any atom is -0.342 e. The third kappa shape index (κ3) is 2.87. The van der Waals surface area contributed by atoms with Crippen molar-refractivity contribution in [1.82, 2.24) is 10.2 Å². The zero-order valence-electron chi connectivity index (χ0n) is 10.9. The maximum atomic E-state index is 12.3. The Balaban J connectivity index is 2.92. The van der Waals surface area contributed by atoms with Gasteiger partial charge in [-0.3, -0.25) is 9.59 Å². The zero-order valence-corrected chi connectivity index (χ0v) is 10.9. The van der Waals surface area contributed by atoms with E-state index < -0.39 is 6.04 Å². The second kappa shape index (κ2) is 5.84. The molecule has 0 radical (unpaired) electrons. The number of carbonyl (C=O) groups is 2. The fraction of sp³-hybridized carbons (Fsp3) is 0.692. The van der Waals surface area contributed by atoms with E-state index in [9.17, 15) is 9.59 Å². The van der Waals surface area contributed by atoms with E-state index >= 15 is 0 Å². The highest BCUT2D eigenvalue weighted by Crippen LogP contribution is 2.18. The summed E-state index contributed by atoms with van der Waals surface area (Å²) in [7, 11) is 0. The van der Waals surface area contributed by atoms with E-state index in [2.05, 4.69) is 11.9 Å². The first-order valence-electron chi connectivity index (χ1n) is 6.24. The molecular formula is C13H22N2O2. The number of hydrogen-bond donors (Lipinski definition) is 1. The Kier molecular flexibility index (Phi) is 4.73. The number of piperazine rings is 1. The lowest BCUT2D eigenvalue weighted by atomic mass is 9.96. The fourth-order valence-corrected chi connectivity index (χ4v) is 2.15. The van der Waals surface area contributed by atoms with E-state index in [1.165, 1.54) is 0 Å². The van der Waals surface area contributed by atoms with Crippen molar-refractivity contribution in [2.24, 2.45) is 5.92 Å². The predicted octanol–water partition coefficient (Wildman–Crippen LogP) is 1.32. The van der Waals surface area contributed by atoms with Crippen molar-refractivity contribution in [3.8, 4) is 0 Å². The van der Waals surface area contributed by atoms with E-state index in [0.717, 1.165) is 6.42 Å². The van der Waals surface area contributed by atoms with Crippen LogP contribution in [0.3, 0.4) is 0 Å². The fourth-order valence-electron chi connectivity index (χ4n) is 2.15. The third-order valence-corrected chi connectivity index (χ3v) is 3.08. The zero-order chi connectivity index (χ0) is 13.0. The van der Waals surface area contributed by atoms with E-state index in [-0.39, 0.29) is 23.8 Å². The molecule has 17 heavy (non-hydrogen) atoms. The molecule has 0 aromatic rings. The summed E-state index contributed by atoms with van der Waals surface area (Å²) >= 11 is 0. The molecule has 1 heterocycles. The summed E-state index contributed by atoms with van der Waals surface area (Å²) in [5.41, 5.74) is 0. The van der Waals surface area contributed by atoms with Gasteiger partial charge in [0.2, 0.25) is 11.8 Å². The van der Waals surface area contributed by atoms with Crippen molar-refractivity contribution in [1.29, 1.82) is 0 Å². The van der Waals surface area contributed by atoms with Crippen LogP contribution in [0.2, 0.25) is 0 Å². The molecule has 2 atom stereocenters. The van der Waals surface area contributed by atoms with E-state index in [1.807, 2.05) is 20.8 Å². The Morgan fingerprint density at radius 1 is 1.47 bits per heavy atom. The largest absolute Gasteiger partial charge is 0.342 e. The molecule has 1 rings (SSSR count). The summed E-state index contributed by atoms with van der Waals surface area (Å²) < 4.78 is 0. The summed E-state index contributed by atoms with van der Waals surface area (Å²) in [5, 5.41) is 2.82. The Hall–Kier alpha value is -1.32. The van der Waals surface area contributed by atoms with Crippen LogP contribution in [0.4, 0.5) is 0 Å². The highest BCUT2D eigenvalue weighted by Gasteiger charge is 2.40. The van der Waals surface area contributed by atoms with Crippen molar-refractivity contribution in [2.45, 2.75) is 45.7 Å². The Labute approximate surface area is 103 Å². The van der Waals surface area contributed by atoms with Gasteiger partial charge in [0.05, 0.1) is 0 Å². The van der Waals surface area contributed by atoms with Crippen LogP contribution < -0.4 is 5.32 Å². The first-order valence-corrected chi connectivity index (χ1v) is 6.24. The smallest absolute Gasteiger partial charge is 0.246 e. The molecule has 2 amide bonds. The van der Waals surface area contributed by atoms with Gasteiger partial charge in [0, 0.05) is 6.54 Å². The lowest BCUT2D eigenvalue weighted by Crippen LogP contribution is -2.64. The molecule has 4 heteroatoms. The first-order chi connectivity index (χ1) is 8.02. The average Bonchev–Trinajstić information content (AvgIpc) is 2.27. The topological polar surface area (TPSA) is 49.4 Å². The molecule has 0 aromatic heterocycles. The maximum absolute atomic E-state index is 12.3. The number of nitrogens with zero attached hydrogens (tertiary/aromatic N) is 1. The van der Waals surface area contributed by atoms with Crippen molar-refractivity contribution in [3.63, 3.8) is 0 Å². The van der Waals surface area contributed by atoms with Gasteiger partial charge >= 0.3 is 0 Å². The van der Waals surface area contributed by atoms with Gasteiger partial charge in [0.1, 0.15) is 12.1 Å². The molecule has 2 unspecified atom stereocenters. The monoisotopic (exact) mass is 238 g/mol. The van der Waals surface area contributed by atoms with Crippen LogP contribution in [-0.2, 0) is 9.59 Å². The second-order valence-electron chi connectivity index (χ2n) is 4.81. The van der Waals surface area contributed by atoms with Gasteiger partial charge in [-0.1, -0.05) is 33.3 Å². The first kappa shape index (κ1) is 13.7. The normalized spacial score (nSPS) is 25.1. The maximum Gasteiger partial charge on any atom is 0.246 e. The minimum atomic E-state index is -0.393. The molecule has 1 N–H and O–H groups in total. The molecule has 0 spiro atoms.